The second-order valence-electron chi connectivity index (χ2n) is 10.5. The van der Waals surface area contributed by atoms with Gasteiger partial charge in [-0.25, -0.2) is 24.4 Å². The largest absolute Gasteiger partial charge is 0.481 e. The van der Waals surface area contributed by atoms with Gasteiger partial charge in [-0.3, -0.25) is 4.79 Å². The van der Waals surface area contributed by atoms with Crippen molar-refractivity contribution in [3.8, 4) is 0 Å². The number of hydrazine groups is 1. The number of aryl methyl sites for hydroxylation is 1. The van der Waals surface area contributed by atoms with Gasteiger partial charge in [0.1, 0.15) is 0 Å². The van der Waals surface area contributed by atoms with Gasteiger partial charge in [0, 0.05) is 40.5 Å². The molecule has 0 spiro atoms. The van der Waals surface area contributed by atoms with E-state index in [1.54, 1.807) is 22.9 Å². The minimum Gasteiger partial charge on any atom is -0.481 e. The lowest BCUT2D eigenvalue weighted by molar-refractivity contribution is -0.134. The van der Waals surface area contributed by atoms with Gasteiger partial charge in [0.25, 0.3) is 11.9 Å². The van der Waals surface area contributed by atoms with E-state index in [0.717, 1.165) is 30.6 Å². The van der Waals surface area contributed by atoms with Crippen LogP contribution in [-0.4, -0.2) is 89.1 Å². The molecule has 3 heterocycles. The number of hydrogen-bond acceptors (Lipinski definition) is 7. The number of rotatable bonds is 8. The first kappa shape index (κ1) is 29.4. The molecular weight excluding hydrogens is 496 g/mol. The molecule has 3 aliphatic rings. The molecule has 2 amide bonds. The van der Waals surface area contributed by atoms with Gasteiger partial charge in [-0.2, -0.15) is 0 Å². The van der Waals surface area contributed by atoms with E-state index in [0.29, 0.717) is 43.0 Å². The Balaban J connectivity index is 0.000000934. The minimum atomic E-state index is -2.69. The lowest BCUT2D eigenvalue weighted by atomic mass is 10.1. The Labute approximate surface area is 223 Å². The Hall–Kier alpha value is -3.15. The highest BCUT2D eigenvalue weighted by Crippen LogP contribution is 2.36. The number of carbonyl (C=O) groups excluding carboxylic acids is 1. The second kappa shape index (κ2) is 12.1. The van der Waals surface area contributed by atoms with Crippen molar-refractivity contribution in [2.24, 2.45) is 17.5 Å². The summed E-state index contributed by atoms with van der Waals surface area (Å²) in [7, 11) is 3.55. The summed E-state index contributed by atoms with van der Waals surface area (Å²) in [6.45, 7) is 4.25. The third-order valence-corrected chi connectivity index (χ3v) is 7.23. The van der Waals surface area contributed by atoms with Crippen molar-refractivity contribution in [2.45, 2.75) is 64.3 Å². The number of nitrogens with zero attached hydrogens (tertiary/aromatic N) is 5. The number of likely N-dealkylation sites (N-methyl/N-ethyl adjacent to an activating group) is 2. The van der Waals surface area contributed by atoms with Crippen molar-refractivity contribution in [2.75, 3.05) is 45.2 Å². The first-order chi connectivity index (χ1) is 17.8. The maximum atomic E-state index is 14.0. The topological polar surface area (TPSA) is 132 Å². The molecule has 10 nitrogen and oxygen atoms in total. The smallest absolute Gasteiger partial charge is 0.320 e. The van der Waals surface area contributed by atoms with Crippen LogP contribution in [0.5, 0.6) is 0 Å². The van der Waals surface area contributed by atoms with Crippen LogP contribution in [0, 0.1) is 5.92 Å². The Bertz CT molecular complexity index is 1040. The molecule has 1 atom stereocenters. The van der Waals surface area contributed by atoms with Crippen molar-refractivity contribution in [1.29, 1.82) is 0 Å². The second-order valence-corrected chi connectivity index (χ2v) is 10.5. The van der Waals surface area contributed by atoms with E-state index in [9.17, 15) is 13.6 Å². The molecule has 3 fully saturated rings. The van der Waals surface area contributed by atoms with Crippen LogP contribution in [-0.2, 0) is 11.2 Å². The van der Waals surface area contributed by atoms with Crippen molar-refractivity contribution in [3.63, 3.8) is 0 Å². The lowest BCUT2D eigenvalue weighted by Gasteiger charge is -2.35. The van der Waals surface area contributed by atoms with E-state index >= 15 is 0 Å². The summed E-state index contributed by atoms with van der Waals surface area (Å²) in [4.78, 5) is 31.9. The Morgan fingerprint density at radius 2 is 1.97 bits per heavy atom. The molecular formula is C26H41F2N7O3. The number of anilines is 1. The predicted octanol–water partition coefficient (Wildman–Crippen LogP) is 2.94. The Kier molecular flexibility index (Phi) is 9.40. The number of hydrogen-bond donors (Lipinski definition) is 3. The summed E-state index contributed by atoms with van der Waals surface area (Å²) in [6, 6.07) is 3.76. The summed E-state index contributed by atoms with van der Waals surface area (Å²) < 4.78 is 28.0. The first-order valence-corrected chi connectivity index (χ1v) is 13.1. The van der Waals surface area contributed by atoms with E-state index in [1.807, 2.05) is 24.9 Å². The maximum Gasteiger partial charge on any atom is 0.320 e. The highest BCUT2D eigenvalue weighted by Gasteiger charge is 2.39. The normalized spacial score (nSPS) is 21.6. The molecule has 1 aromatic heterocycles. The number of pyridine rings is 1. The fraction of sp³-hybridized carbons (Fsp3) is 0.654. The van der Waals surface area contributed by atoms with Crippen LogP contribution in [0.1, 0.15) is 57.3 Å². The van der Waals surface area contributed by atoms with Crippen LogP contribution < -0.4 is 16.5 Å². The van der Waals surface area contributed by atoms with Gasteiger partial charge in [0.2, 0.25) is 0 Å². The first-order valence-electron chi connectivity index (χ1n) is 13.1. The van der Waals surface area contributed by atoms with Crippen LogP contribution >= 0.6 is 0 Å². The van der Waals surface area contributed by atoms with Crippen molar-refractivity contribution in [1.82, 2.24) is 19.8 Å². The number of aliphatic carboxylic acids is 1. The predicted molar refractivity (Wildman–Crippen MR) is 142 cm³/mol. The number of nitrogens with two attached hydrogens (primary N) is 2. The molecule has 0 radical (unpaired) electrons. The van der Waals surface area contributed by atoms with Gasteiger partial charge in [0.05, 0.1) is 47.6 Å². The van der Waals surface area contributed by atoms with Gasteiger partial charge >= 0.3 is 6.03 Å². The Morgan fingerprint density at radius 3 is 2.53 bits per heavy atom. The zero-order valence-corrected chi connectivity index (χ0v) is 22.8. The number of halogens is 2. The van der Waals surface area contributed by atoms with Crippen molar-refractivity contribution in [3.05, 3.63) is 29.2 Å². The zero-order valence-electron chi connectivity index (χ0n) is 22.8. The van der Waals surface area contributed by atoms with E-state index < -0.39 is 11.9 Å². The van der Waals surface area contributed by atoms with Gasteiger partial charge < -0.3 is 30.5 Å². The molecule has 2 aliphatic heterocycles. The molecule has 5 N–H and O–H groups in total. The molecule has 38 heavy (non-hydrogen) atoms. The molecule has 0 bridgehead atoms. The third-order valence-electron chi connectivity index (χ3n) is 7.23. The van der Waals surface area contributed by atoms with E-state index in [-0.39, 0.29) is 31.6 Å². The molecule has 2 saturated heterocycles. The van der Waals surface area contributed by atoms with Crippen LogP contribution in [0.25, 0.3) is 5.70 Å². The number of urea groups is 1. The molecule has 1 aromatic rings. The average Bonchev–Trinajstić information content (AvgIpc) is 3.62. The summed E-state index contributed by atoms with van der Waals surface area (Å²) in [5.74, 6) is 3.33. The molecule has 1 aliphatic carbocycles. The highest BCUT2D eigenvalue weighted by atomic mass is 19.3. The number of carboxylic acids is 1. The van der Waals surface area contributed by atoms with Gasteiger partial charge in [0.15, 0.2) is 0 Å². The summed E-state index contributed by atoms with van der Waals surface area (Å²) >= 11 is 0. The van der Waals surface area contributed by atoms with Crippen LogP contribution in [0.15, 0.2) is 17.8 Å². The van der Waals surface area contributed by atoms with E-state index in [1.165, 1.54) is 17.9 Å². The molecule has 212 valence electrons. The number of carbonyl (C=O) groups is 2. The minimum absolute atomic E-state index is 0.0265. The molecule has 12 heteroatoms. The van der Waals surface area contributed by atoms with Crippen molar-refractivity contribution >= 4 is 23.4 Å². The van der Waals surface area contributed by atoms with Crippen LogP contribution in [0.3, 0.4) is 0 Å². The monoisotopic (exact) mass is 537 g/mol. The lowest BCUT2D eigenvalue weighted by Crippen LogP contribution is -2.43. The molecule has 4 rings (SSSR count). The summed E-state index contributed by atoms with van der Waals surface area (Å²) in [6.07, 6.45) is 4.48. The Morgan fingerprint density at radius 1 is 1.32 bits per heavy atom. The highest BCUT2D eigenvalue weighted by molar-refractivity contribution is 5.78. The maximum absolute atomic E-state index is 14.0. The quantitative estimate of drug-likeness (QED) is 0.341. The average molecular weight is 538 g/mol. The number of alkyl halides is 2. The van der Waals surface area contributed by atoms with E-state index in [4.69, 9.17) is 26.5 Å². The third kappa shape index (κ3) is 7.46. The fourth-order valence-electron chi connectivity index (χ4n) is 5.02. The van der Waals surface area contributed by atoms with E-state index in [2.05, 4.69) is 0 Å². The number of piperidine rings is 1. The summed E-state index contributed by atoms with van der Waals surface area (Å²) in [5, 5.41) is 8.85. The van der Waals surface area contributed by atoms with Gasteiger partial charge in [-0.15, -0.1) is 0 Å². The molecule has 0 aromatic carbocycles. The fourth-order valence-corrected chi connectivity index (χ4v) is 5.02. The van der Waals surface area contributed by atoms with Crippen LogP contribution in [0.4, 0.5) is 19.3 Å². The van der Waals surface area contributed by atoms with Crippen LogP contribution in [0.2, 0.25) is 0 Å². The summed E-state index contributed by atoms with van der Waals surface area (Å²) in [5.41, 5.74) is 9.49. The molecule has 1 unspecified atom stereocenters. The number of amides is 2. The van der Waals surface area contributed by atoms with Crippen molar-refractivity contribution < 1.29 is 23.5 Å². The number of aromatic nitrogens is 1. The van der Waals surface area contributed by atoms with Gasteiger partial charge in [-0.05, 0) is 37.3 Å². The number of carboxylic acid groups (broad SMARTS) is 1. The zero-order chi connectivity index (χ0) is 28.2. The SMILES string of the molecule is CC(=O)O.CCc1nc(/C(N)=C(\CN2CC(CC3CC3)N(C)C2=O)N(C)N)ccc1N1CCCC(F)(F)C1. The van der Waals surface area contributed by atoms with Gasteiger partial charge in [-0.1, -0.05) is 19.8 Å². The molecule has 1 saturated carbocycles. The standard InChI is InChI=1S/C24H37F2N7O.C2H4O2/c1-4-18-20(32-11-5-10-24(25,26)15-32)9-8-19(29-18)22(27)21(31(3)28)14-33-13-17(12-16-6-7-16)30(2)23(33)34;1-2(3)4/h8-9,16-17H,4-7,10-15,27-28H2,1-3H3;1H3,(H,3,4)/b22-21-;.